The molecule has 0 radical (unpaired) electrons. The molecule has 2 aromatic rings. The molecule has 1 spiro atoms. The van der Waals surface area contributed by atoms with E-state index >= 15 is 0 Å². The average molecular weight is 383 g/mol. The summed E-state index contributed by atoms with van der Waals surface area (Å²) in [7, 11) is -3.63. The van der Waals surface area contributed by atoms with Gasteiger partial charge in [0.25, 0.3) is 0 Å². The van der Waals surface area contributed by atoms with Crippen molar-refractivity contribution in [2.75, 3.05) is 25.0 Å². The van der Waals surface area contributed by atoms with E-state index in [2.05, 4.69) is 10.3 Å². The SMILES string of the molecule is O=S(=O)(c1ccc(F)cc1)N1CC[C@@]2(C[C@H](Nc3nccs3)CO2)C1. The van der Waals surface area contributed by atoms with Crippen LogP contribution >= 0.6 is 11.3 Å². The van der Waals surface area contributed by atoms with Gasteiger partial charge in [0.1, 0.15) is 5.82 Å². The zero-order valence-electron chi connectivity index (χ0n) is 13.4. The zero-order chi connectivity index (χ0) is 17.5. The summed E-state index contributed by atoms with van der Waals surface area (Å²) in [5, 5.41) is 6.09. The Morgan fingerprint density at radius 2 is 2.16 bits per heavy atom. The quantitative estimate of drug-likeness (QED) is 0.877. The molecular formula is C16H18FN3O3S2. The van der Waals surface area contributed by atoms with Gasteiger partial charge in [-0.2, -0.15) is 4.31 Å². The minimum atomic E-state index is -3.63. The molecule has 0 aliphatic carbocycles. The first-order valence-electron chi connectivity index (χ1n) is 8.03. The Balaban J connectivity index is 1.45. The summed E-state index contributed by atoms with van der Waals surface area (Å²) in [6.07, 6.45) is 3.14. The van der Waals surface area contributed by atoms with Crippen LogP contribution in [-0.2, 0) is 14.8 Å². The largest absolute Gasteiger partial charge is 0.371 e. The lowest BCUT2D eigenvalue weighted by molar-refractivity contribution is 0.0173. The fourth-order valence-corrected chi connectivity index (χ4v) is 5.58. The third-order valence-electron chi connectivity index (χ3n) is 4.70. The van der Waals surface area contributed by atoms with Crippen molar-refractivity contribution in [3.8, 4) is 0 Å². The van der Waals surface area contributed by atoms with Crippen LogP contribution in [0.5, 0.6) is 0 Å². The van der Waals surface area contributed by atoms with Crippen molar-refractivity contribution in [2.24, 2.45) is 0 Å². The maximum absolute atomic E-state index is 13.1. The number of halogens is 1. The van der Waals surface area contributed by atoms with E-state index < -0.39 is 21.4 Å². The molecule has 0 bridgehead atoms. The Labute approximate surface area is 149 Å². The van der Waals surface area contributed by atoms with Gasteiger partial charge in [-0.15, -0.1) is 11.3 Å². The first kappa shape index (κ1) is 16.9. The monoisotopic (exact) mass is 383 g/mol. The predicted octanol–water partition coefficient (Wildman–Crippen LogP) is 2.32. The van der Waals surface area contributed by atoms with E-state index in [-0.39, 0.29) is 10.9 Å². The Morgan fingerprint density at radius 3 is 2.88 bits per heavy atom. The van der Waals surface area contributed by atoms with Crippen LogP contribution in [0.2, 0.25) is 0 Å². The predicted molar refractivity (Wildman–Crippen MR) is 92.6 cm³/mol. The van der Waals surface area contributed by atoms with Crippen molar-refractivity contribution < 1.29 is 17.5 Å². The molecule has 3 heterocycles. The molecule has 0 saturated carbocycles. The number of sulfonamides is 1. The minimum Gasteiger partial charge on any atom is -0.371 e. The van der Waals surface area contributed by atoms with Gasteiger partial charge in [-0.25, -0.2) is 17.8 Å². The first-order valence-corrected chi connectivity index (χ1v) is 10.3. The van der Waals surface area contributed by atoms with Gasteiger partial charge in [0, 0.05) is 31.1 Å². The summed E-state index contributed by atoms with van der Waals surface area (Å²) < 4.78 is 46.0. The number of benzene rings is 1. The van der Waals surface area contributed by atoms with Gasteiger partial charge in [0.15, 0.2) is 5.13 Å². The van der Waals surface area contributed by atoms with Crippen LogP contribution in [0.4, 0.5) is 9.52 Å². The van der Waals surface area contributed by atoms with E-state index in [0.29, 0.717) is 26.1 Å². The molecular weight excluding hydrogens is 365 g/mol. The number of ether oxygens (including phenoxy) is 1. The number of nitrogens with one attached hydrogen (secondary N) is 1. The van der Waals surface area contributed by atoms with Gasteiger partial charge in [-0.05, 0) is 30.7 Å². The van der Waals surface area contributed by atoms with Gasteiger partial charge in [-0.1, -0.05) is 0 Å². The highest BCUT2D eigenvalue weighted by molar-refractivity contribution is 7.89. The van der Waals surface area contributed by atoms with Crippen molar-refractivity contribution in [1.29, 1.82) is 0 Å². The molecule has 2 aliphatic heterocycles. The lowest BCUT2D eigenvalue weighted by Crippen LogP contribution is -2.36. The molecule has 4 rings (SSSR count). The van der Waals surface area contributed by atoms with E-state index in [0.717, 1.165) is 11.6 Å². The van der Waals surface area contributed by atoms with Crippen molar-refractivity contribution >= 4 is 26.5 Å². The Kier molecular flexibility index (Phi) is 4.27. The molecule has 1 N–H and O–H groups in total. The Morgan fingerprint density at radius 1 is 1.36 bits per heavy atom. The highest BCUT2D eigenvalue weighted by Gasteiger charge is 2.48. The van der Waals surface area contributed by atoms with E-state index in [9.17, 15) is 12.8 Å². The minimum absolute atomic E-state index is 0.112. The van der Waals surface area contributed by atoms with E-state index in [4.69, 9.17) is 4.74 Å². The number of anilines is 1. The fourth-order valence-electron chi connectivity index (χ4n) is 3.46. The summed E-state index contributed by atoms with van der Waals surface area (Å²) in [5.41, 5.74) is -0.456. The molecule has 0 unspecified atom stereocenters. The lowest BCUT2D eigenvalue weighted by Gasteiger charge is -2.23. The smallest absolute Gasteiger partial charge is 0.243 e. The van der Waals surface area contributed by atoms with E-state index in [1.165, 1.54) is 39.9 Å². The third-order valence-corrected chi connectivity index (χ3v) is 7.27. The maximum atomic E-state index is 13.1. The molecule has 2 atom stereocenters. The summed E-state index contributed by atoms with van der Waals surface area (Å²) in [6, 6.07) is 5.06. The lowest BCUT2D eigenvalue weighted by atomic mass is 9.97. The molecule has 2 fully saturated rings. The molecule has 0 amide bonds. The van der Waals surface area contributed by atoms with Gasteiger partial charge in [0.05, 0.1) is 23.1 Å². The molecule has 2 saturated heterocycles. The number of thiazole rings is 1. The second-order valence-electron chi connectivity index (χ2n) is 6.42. The second-order valence-corrected chi connectivity index (χ2v) is 9.25. The van der Waals surface area contributed by atoms with Crippen molar-refractivity contribution in [1.82, 2.24) is 9.29 Å². The molecule has 1 aromatic heterocycles. The summed E-state index contributed by atoms with van der Waals surface area (Å²) >= 11 is 1.53. The molecule has 2 aliphatic rings. The normalized spacial score (nSPS) is 27.2. The fraction of sp³-hybridized carbons (Fsp3) is 0.438. The van der Waals surface area contributed by atoms with Crippen molar-refractivity contribution in [2.45, 2.75) is 29.4 Å². The molecule has 6 nitrogen and oxygen atoms in total. The van der Waals surface area contributed by atoms with Gasteiger partial charge in [-0.3, -0.25) is 0 Å². The number of hydrogen-bond acceptors (Lipinski definition) is 6. The highest BCUT2D eigenvalue weighted by atomic mass is 32.2. The Bertz CT molecular complexity index is 842. The number of hydrogen-bond donors (Lipinski definition) is 1. The average Bonchev–Trinajstić information content (AvgIpc) is 3.32. The van der Waals surface area contributed by atoms with Crippen LogP contribution in [0.25, 0.3) is 0 Å². The van der Waals surface area contributed by atoms with Gasteiger partial charge >= 0.3 is 0 Å². The van der Waals surface area contributed by atoms with Crippen LogP contribution in [-0.4, -0.2) is 49.0 Å². The molecule has 9 heteroatoms. The standard InChI is InChI=1S/C16H18FN3O3S2/c17-12-1-3-14(4-2-12)25(21,22)20-7-5-16(11-20)9-13(10-23-16)19-15-18-6-8-24-15/h1-4,6,8,13H,5,7,9-11H2,(H,18,19)/t13-,16+/m0/s1. The van der Waals surface area contributed by atoms with E-state index in [1.54, 1.807) is 6.20 Å². The van der Waals surface area contributed by atoms with Gasteiger partial charge in [0.2, 0.25) is 10.0 Å². The van der Waals surface area contributed by atoms with Crippen molar-refractivity contribution in [3.05, 3.63) is 41.7 Å². The Hall–Kier alpha value is -1.55. The van der Waals surface area contributed by atoms with Crippen LogP contribution in [0, 0.1) is 5.82 Å². The second kappa shape index (κ2) is 6.31. The van der Waals surface area contributed by atoms with Crippen molar-refractivity contribution in [3.63, 3.8) is 0 Å². The molecule has 25 heavy (non-hydrogen) atoms. The third kappa shape index (κ3) is 3.29. The number of rotatable bonds is 4. The summed E-state index contributed by atoms with van der Waals surface area (Å²) in [4.78, 5) is 4.32. The summed E-state index contributed by atoms with van der Waals surface area (Å²) in [6.45, 7) is 1.26. The number of nitrogens with zero attached hydrogens (tertiary/aromatic N) is 2. The maximum Gasteiger partial charge on any atom is 0.243 e. The zero-order valence-corrected chi connectivity index (χ0v) is 15.0. The number of aromatic nitrogens is 1. The van der Waals surface area contributed by atoms with Gasteiger partial charge < -0.3 is 10.1 Å². The summed E-state index contributed by atoms with van der Waals surface area (Å²) in [5.74, 6) is -0.452. The van der Waals surface area contributed by atoms with Crippen LogP contribution < -0.4 is 5.32 Å². The van der Waals surface area contributed by atoms with Crippen LogP contribution in [0.3, 0.4) is 0 Å². The van der Waals surface area contributed by atoms with Crippen LogP contribution in [0.1, 0.15) is 12.8 Å². The molecule has 134 valence electrons. The van der Waals surface area contributed by atoms with Crippen LogP contribution in [0.15, 0.2) is 40.7 Å². The molecule has 1 aromatic carbocycles. The topological polar surface area (TPSA) is 71.5 Å². The van der Waals surface area contributed by atoms with E-state index in [1.807, 2.05) is 5.38 Å². The first-order chi connectivity index (χ1) is 12.0. The highest BCUT2D eigenvalue weighted by Crippen LogP contribution is 2.38.